The molecule has 4 rings (SSSR count). The van der Waals surface area contributed by atoms with Crippen LogP contribution < -0.4 is 15.0 Å². The van der Waals surface area contributed by atoms with E-state index < -0.39 is 0 Å². The zero-order valence-electron chi connectivity index (χ0n) is 17.9. The molecule has 31 heavy (non-hydrogen) atoms. The lowest BCUT2D eigenvalue weighted by atomic mass is 10.1. The number of benzene rings is 2. The van der Waals surface area contributed by atoms with E-state index in [2.05, 4.69) is 27.1 Å². The molecule has 1 aliphatic rings. The predicted octanol–water partition coefficient (Wildman–Crippen LogP) is 4.07. The van der Waals surface area contributed by atoms with Gasteiger partial charge in [0.1, 0.15) is 17.9 Å². The van der Waals surface area contributed by atoms with Crippen LogP contribution in [0.2, 0.25) is 0 Å². The molecule has 0 bridgehead atoms. The van der Waals surface area contributed by atoms with Crippen LogP contribution in [0, 0.1) is 0 Å². The van der Waals surface area contributed by atoms with Crippen molar-refractivity contribution in [1.29, 1.82) is 0 Å². The summed E-state index contributed by atoms with van der Waals surface area (Å²) in [5.41, 5.74) is 3.90. The van der Waals surface area contributed by atoms with Crippen LogP contribution in [0.15, 0.2) is 60.9 Å². The predicted molar refractivity (Wildman–Crippen MR) is 123 cm³/mol. The molecule has 0 radical (unpaired) electrons. The number of anilines is 2. The van der Waals surface area contributed by atoms with E-state index in [1.165, 1.54) is 0 Å². The van der Waals surface area contributed by atoms with Crippen LogP contribution in [0.1, 0.15) is 12.5 Å². The van der Waals surface area contributed by atoms with E-state index in [0.717, 1.165) is 53.6 Å². The molecule has 160 valence electrons. The molecule has 2 aromatic carbocycles. The van der Waals surface area contributed by atoms with Crippen molar-refractivity contribution < 1.29 is 9.53 Å². The second-order valence-electron chi connectivity index (χ2n) is 7.40. The van der Waals surface area contributed by atoms with Crippen LogP contribution in [0.25, 0.3) is 11.3 Å². The number of para-hydroxylation sites is 1. The Morgan fingerprint density at radius 3 is 2.48 bits per heavy atom. The first-order valence-corrected chi connectivity index (χ1v) is 10.5. The number of carbonyl (C=O) groups is 1. The van der Waals surface area contributed by atoms with Crippen molar-refractivity contribution in [2.24, 2.45) is 0 Å². The number of rotatable bonds is 5. The summed E-state index contributed by atoms with van der Waals surface area (Å²) >= 11 is 0. The molecule has 0 unspecified atom stereocenters. The van der Waals surface area contributed by atoms with Gasteiger partial charge in [0.2, 0.25) is 0 Å². The number of aromatic nitrogens is 2. The molecular formula is C24H27N5O2. The lowest BCUT2D eigenvalue weighted by Gasteiger charge is -2.35. The van der Waals surface area contributed by atoms with E-state index in [1.807, 2.05) is 59.5 Å². The molecule has 0 aliphatic carbocycles. The Morgan fingerprint density at radius 1 is 1.03 bits per heavy atom. The first kappa shape index (κ1) is 20.7. The minimum Gasteiger partial charge on any atom is -0.497 e. The monoisotopic (exact) mass is 417 g/mol. The lowest BCUT2D eigenvalue weighted by molar-refractivity contribution is 0.208. The molecule has 0 spiro atoms. The molecule has 7 nitrogen and oxygen atoms in total. The number of piperazine rings is 1. The van der Waals surface area contributed by atoms with Gasteiger partial charge in [-0.15, -0.1) is 0 Å². The number of carbonyl (C=O) groups excluding carboxylic acids is 1. The van der Waals surface area contributed by atoms with Crippen LogP contribution in [-0.2, 0) is 6.42 Å². The molecule has 7 heteroatoms. The minimum atomic E-state index is -0.0536. The molecule has 3 aromatic rings. The second kappa shape index (κ2) is 9.47. The molecule has 1 aliphatic heterocycles. The first-order valence-electron chi connectivity index (χ1n) is 10.5. The summed E-state index contributed by atoms with van der Waals surface area (Å²) in [7, 11) is 1.65. The highest BCUT2D eigenvalue weighted by atomic mass is 16.5. The van der Waals surface area contributed by atoms with E-state index >= 15 is 0 Å². The fourth-order valence-corrected chi connectivity index (χ4v) is 3.72. The number of nitrogens with zero attached hydrogens (tertiary/aromatic N) is 4. The van der Waals surface area contributed by atoms with E-state index in [0.29, 0.717) is 13.1 Å². The van der Waals surface area contributed by atoms with Crippen LogP contribution in [-0.4, -0.2) is 54.2 Å². The molecule has 1 N–H and O–H groups in total. The van der Waals surface area contributed by atoms with Gasteiger partial charge in [-0.1, -0.05) is 25.1 Å². The SMILES string of the molecule is CCc1ccccc1NC(=O)N1CCN(c2cc(-c3ccc(OC)cc3)ncn2)CC1. The highest BCUT2D eigenvalue weighted by Gasteiger charge is 2.22. The van der Waals surface area contributed by atoms with Crippen molar-refractivity contribution in [1.82, 2.24) is 14.9 Å². The summed E-state index contributed by atoms with van der Waals surface area (Å²) in [4.78, 5) is 25.6. The molecule has 1 aromatic heterocycles. The maximum Gasteiger partial charge on any atom is 0.321 e. The Labute approximate surface area is 182 Å². The molecule has 0 atom stereocenters. The standard InChI is InChI=1S/C24H27N5O2/c1-3-18-6-4-5-7-21(18)27-24(30)29-14-12-28(13-15-29)23-16-22(25-17-26-23)19-8-10-20(31-2)11-9-19/h4-11,16-17H,3,12-15H2,1-2H3,(H,27,30). The molecular weight excluding hydrogens is 390 g/mol. The quantitative estimate of drug-likeness (QED) is 0.678. The third-order valence-corrected chi connectivity index (χ3v) is 5.57. The van der Waals surface area contributed by atoms with Gasteiger partial charge in [-0.2, -0.15) is 0 Å². The van der Waals surface area contributed by atoms with Crippen molar-refractivity contribution in [2.45, 2.75) is 13.3 Å². The molecule has 0 saturated carbocycles. The van der Waals surface area contributed by atoms with Crippen molar-refractivity contribution >= 4 is 17.5 Å². The van der Waals surface area contributed by atoms with Crippen molar-refractivity contribution in [3.8, 4) is 17.0 Å². The Morgan fingerprint density at radius 2 is 1.77 bits per heavy atom. The highest BCUT2D eigenvalue weighted by molar-refractivity contribution is 5.90. The number of urea groups is 1. The van der Waals surface area contributed by atoms with E-state index in [4.69, 9.17) is 4.74 Å². The fourth-order valence-electron chi connectivity index (χ4n) is 3.72. The number of hydrogen-bond acceptors (Lipinski definition) is 5. The summed E-state index contributed by atoms with van der Waals surface area (Å²) in [5, 5.41) is 3.06. The van der Waals surface area contributed by atoms with Crippen molar-refractivity contribution in [3.63, 3.8) is 0 Å². The number of methoxy groups -OCH3 is 1. The topological polar surface area (TPSA) is 70.6 Å². The number of aryl methyl sites for hydroxylation is 1. The number of nitrogens with one attached hydrogen (secondary N) is 1. The Bertz CT molecular complexity index is 1030. The van der Waals surface area contributed by atoms with E-state index in [1.54, 1.807) is 13.4 Å². The Kier molecular flexibility index (Phi) is 6.31. The van der Waals surface area contributed by atoms with Gasteiger partial charge in [0.25, 0.3) is 0 Å². The van der Waals surface area contributed by atoms with E-state index in [-0.39, 0.29) is 6.03 Å². The summed E-state index contributed by atoms with van der Waals surface area (Å²) in [5.74, 6) is 1.69. The van der Waals surface area contributed by atoms with Gasteiger partial charge in [0.05, 0.1) is 12.8 Å². The largest absolute Gasteiger partial charge is 0.497 e. The summed E-state index contributed by atoms with van der Waals surface area (Å²) in [6.07, 6.45) is 2.48. The zero-order chi connectivity index (χ0) is 21.6. The summed E-state index contributed by atoms with van der Waals surface area (Å²) in [6.45, 7) is 4.82. The third kappa shape index (κ3) is 4.77. The zero-order valence-corrected chi connectivity index (χ0v) is 17.9. The fraction of sp³-hybridized carbons (Fsp3) is 0.292. The third-order valence-electron chi connectivity index (χ3n) is 5.57. The molecule has 1 fully saturated rings. The average Bonchev–Trinajstić information content (AvgIpc) is 2.84. The van der Waals surface area contributed by atoms with Crippen molar-refractivity contribution in [3.05, 3.63) is 66.5 Å². The highest BCUT2D eigenvalue weighted by Crippen LogP contribution is 2.24. The van der Waals surface area contributed by atoms with Gasteiger partial charge < -0.3 is 19.9 Å². The summed E-state index contributed by atoms with van der Waals surface area (Å²) in [6, 6.07) is 17.7. The van der Waals surface area contributed by atoms with Gasteiger partial charge in [0, 0.05) is 43.5 Å². The minimum absolute atomic E-state index is 0.0536. The normalized spacial score (nSPS) is 13.7. The van der Waals surface area contributed by atoms with Gasteiger partial charge in [-0.3, -0.25) is 0 Å². The van der Waals surface area contributed by atoms with Crippen LogP contribution in [0.3, 0.4) is 0 Å². The first-order chi connectivity index (χ1) is 15.2. The Balaban J connectivity index is 1.39. The van der Waals surface area contributed by atoms with Crippen LogP contribution in [0.4, 0.5) is 16.3 Å². The maximum atomic E-state index is 12.7. The smallest absolute Gasteiger partial charge is 0.321 e. The number of amides is 2. The molecule has 2 heterocycles. The van der Waals surface area contributed by atoms with Gasteiger partial charge in [0.15, 0.2) is 0 Å². The number of ether oxygens (including phenoxy) is 1. The Hall–Kier alpha value is -3.61. The van der Waals surface area contributed by atoms with Crippen molar-refractivity contribution in [2.75, 3.05) is 43.5 Å². The average molecular weight is 418 g/mol. The van der Waals surface area contributed by atoms with Crippen LogP contribution >= 0.6 is 0 Å². The summed E-state index contributed by atoms with van der Waals surface area (Å²) < 4.78 is 5.23. The van der Waals surface area contributed by atoms with Gasteiger partial charge in [-0.25, -0.2) is 14.8 Å². The van der Waals surface area contributed by atoms with E-state index in [9.17, 15) is 4.79 Å². The van der Waals surface area contributed by atoms with Gasteiger partial charge in [-0.05, 0) is 42.3 Å². The maximum absolute atomic E-state index is 12.7. The lowest BCUT2D eigenvalue weighted by Crippen LogP contribution is -2.50. The van der Waals surface area contributed by atoms with Crippen LogP contribution in [0.5, 0.6) is 5.75 Å². The number of hydrogen-bond donors (Lipinski definition) is 1. The second-order valence-corrected chi connectivity index (χ2v) is 7.40. The van der Waals surface area contributed by atoms with Gasteiger partial charge >= 0.3 is 6.03 Å². The molecule has 1 saturated heterocycles. The molecule has 2 amide bonds.